The van der Waals surface area contributed by atoms with Gasteiger partial charge in [0.15, 0.2) is 0 Å². The first-order valence-electron chi connectivity index (χ1n) is 17.8. The van der Waals surface area contributed by atoms with Crippen LogP contribution >= 0.6 is 0 Å². The van der Waals surface area contributed by atoms with Crippen molar-refractivity contribution >= 4 is 49.7 Å². The van der Waals surface area contributed by atoms with Crippen molar-refractivity contribution in [2.45, 2.75) is 143 Å². The molecule has 0 aromatic heterocycles. The third kappa shape index (κ3) is 43.1. The van der Waals surface area contributed by atoms with E-state index in [4.69, 9.17) is 0 Å². The Kier molecular flexibility index (Phi) is 44.3. The summed E-state index contributed by atoms with van der Waals surface area (Å²) in [5.74, 6) is -1.94. The molecule has 0 unspecified atom stereocenters. The van der Waals surface area contributed by atoms with Gasteiger partial charge in [-0.15, -0.1) is 0 Å². The standard InChI is InChI=1S/2C19H35NO2.Ca/c2*1-3-5-7-9-11-13-16-20(18-15-19(21)22)17-14-12-10-8-6-4-2;/h2*11-14H,3-10,15-18H2,1-2H3,(H,21,22);/q;;+2/p-2/b2*13-11+,14-12+;. The number of rotatable bonds is 30. The SMILES string of the molecule is CCCCC/C=C/CN(C/C=C/CCCCC)CCC(=O)[O-].CCCCC/C=C/CN(C/C=C/CCCCC)CCC(=O)[O-].[Ca+2]. The molecule has 0 aromatic carbocycles. The van der Waals surface area contributed by atoms with Crippen LogP contribution in [0.5, 0.6) is 0 Å². The van der Waals surface area contributed by atoms with E-state index >= 15 is 0 Å². The number of hydrogen-bond donors (Lipinski definition) is 0. The molecule has 0 heterocycles. The van der Waals surface area contributed by atoms with E-state index in [1.54, 1.807) is 0 Å². The molecule has 7 heteroatoms. The van der Waals surface area contributed by atoms with Crippen molar-refractivity contribution in [3.05, 3.63) is 48.6 Å². The Labute approximate surface area is 308 Å². The third-order valence-corrected chi connectivity index (χ3v) is 7.28. The zero-order valence-electron chi connectivity index (χ0n) is 29.8. The summed E-state index contributed by atoms with van der Waals surface area (Å²) in [5, 5.41) is 21.3. The zero-order chi connectivity index (χ0) is 32.9. The zero-order valence-corrected chi connectivity index (χ0v) is 32.0. The van der Waals surface area contributed by atoms with Crippen molar-refractivity contribution in [3.8, 4) is 0 Å². The molecule has 0 saturated carbocycles. The van der Waals surface area contributed by atoms with Gasteiger partial charge in [-0.2, -0.15) is 0 Å². The molecule has 0 rings (SSSR count). The van der Waals surface area contributed by atoms with E-state index in [2.05, 4.69) is 86.1 Å². The molecule has 0 aliphatic rings. The largest absolute Gasteiger partial charge is 2.00 e. The molecule has 0 aromatic rings. The van der Waals surface area contributed by atoms with Gasteiger partial charge in [0, 0.05) is 51.2 Å². The number of allylic oxidation sites excluding steroid dienone is 4. The second-order valence-corrected chi connectivity index (χ2v) is 11.6. The molecule has 0 radical (unpaired) electrons. The Bertz CT molecular complexity index is 646. The summed E-state index contributed by atoms with van der Waals surface area (Å²) in [5.41, 5.74) is 0. The van der Waals surface area contributed by atoms with Crippen LogP contribution in [0.3, 0.4) is 0 Å². The smallest absolute Gasteiger partial charge is 0.550 e. The molecule has 0 fully saturated rings. The fraction of sp³-hybridized carbons (Fsp3) is 0.737. The maximum Gasteiger partial charge on any atom is 2.00 e. The molecule has 6 nitrogen and oxygen atoms in total. The Morgan fingerprint density at radius 3 is 0.889 bits per heavy atom. The van der Waals surface area contributed by atoms with E-state index in [1.807, 2.05) is 0 Å². The van der Waals surface area contributed by atoms with Crippen molar-refractivity contribution < 1.29 is 19.8 Å². The second-order valence-electron chi connectivity index (χ2n) is 11.6. The van der Waals surface area contributed by atoms with E-state index in [0.29, 0.717) is 13.1 Å². The summed E-state index contributed by atoms with van der Waals surface area (Å²) in [6.45, 7) is 13.2. The number of aliphatic carboxylic acids is 2. The third-order valence-electron chi connectivity index (χ3n) is 7.28. The number of carboxylic acid groups (broad SMARTS) is 2. The van der Waals surface area contributed by atoms with Crippen molar-refractivity contribution in [2.75, 3.05) is 39.3 Å². The van der Waals surface area contributed by atoms with Crippen LogP contribution in [-0.4, -0.2) is 98.7 Å². The molecule has 0 atom stereocenters. The Balaban J connectivity index is -0.000000767. The Morgan fingerprint density at radius 1 is 0.444 bits per heavy atom. The van der Waals surface area contributed by atoms with Gasteiger partial charge in [0.2, 0.25) is 0 Å². The number of nitrogens with zero attached hydrogens (tertiary/aromatic N) is 2. The fourth-order valence-corrected chi connectivity index (χ4v) is 4.43. The Hall–Kier alpha value is -0.920. The average Bonchev–Trinajstić information content (AvgIpc) is 3.00. The van der Waals surface area contributed by atoms with Crippen LogP contribution in [0.25, 0.3) is 0 Å². The predicted octanol–water partition coefficient (Wildman–Crippen LogP) is 7.02. The van der Waals surface area contributed by atoms with Crippen molar-refractivity contribution in [2.24, 2.45) is 0 Å². The van der Waals surface area contributed by atoms with Gasteiger partial charge in [-0.25, -0.2) is 0 Å². The summed E-state index contributed by atoms with van der Waals surface area (Å²) in [7, 11) is 0. The predicted molar refractivity (Wildman–Crippen MR) is 191 cm³/mol. The molecular weight excluding hydrogens is 589 g/mol. The van der Waals surface area contributed by atoms with Crippen molar-refractivity contribution in [3.63, 3.8) is 0 Å². The Morgan fingerprint density at radius 2 is 0.689 bits per heavy atom. The molecule has 0 bridgehead atoms. The van der Waals surface area contributed by atoms with E-state index < -0.39 is 11.9 Å². The van der Waals surface area contributed by atoms with Crippen LogP contribution in [0.1, 0.15) is 143 Å². The number of hydrogen-bond acceptors (Lipinski definition) is 6. The summed E-state index contributed by atoms with van der Waals surface area (Å²) < 4.78 is 0. The van der Waals surface area contributed by atoms with Gasteiger partial charge < -0.3 is 19.8 Å². The van der Waals surface area contributed by atoms with Gasteiger partial charge in [-0.3, -0.25) is 9.80 Å². The number of carbonyl (C=O) groups is 2. The maximum atomic E-state index is 10.6. The van der Waals surface area contributed by atoms with Gasteiger partial charge in [-0.1, -0.05) is 128 Å². The van der Waals surface area contributed by atoms with Gasteiger partial charge in [0.05, 0.1) is 0 Å². The van der Waals surface area contributed by atoms with Crippen molar-refractivity contribution in [1.29, 1.82) is 0 Å². The maximum absolute atomic E-state index is 10.6. The number of carbonyl (C=O) groups excluding carboxylic acids is 2. The first-order chi connectivity index (χ1) is 21.4. The minimum Gasteiger partial charge on any atom is -0.550 e. The fourth-order valence-electron chi connectivity index (χ4n) is 4.43. The summed E-state index contributed by atoms with van der Waals surface area (Å²) >= 11 is 0. The first-order valence-corrected chi connectivity index (χ1v) is 17.8. The summed E-state index contributed by atoms with van der Waals surface area (Å²) in [4.78, 5) is 25.6. The van der Waals surface area contributed by atoms with Gasteiger partial charge in [-0.05, 0) is 64.2 Å². The molecule has 0 N–H and O–H groups in total. The molecule has 0 saturated heterocycles. The molecular formula is C38H68CaN2O4. The first kappa shape index (κ1) is 48.5. The van der Waals surface area contributed by atoms with E-state index in [-0.39, 0.29) is 50.6 Å². The normalized spacial score (nSPS) is 11.7. The molecule has 256 valence electrons. The van der Waals surface area contributed by atoms with Gasteiger partial charge in [0.25, 0.3) is 0 Å². The van der Waals surface area contributed by atoms with E-state index in [0.717, 1.165) is 51.9 Å². The van der Waals surface area contributed by atoms with Gasteiger partial charge in [0.1, 0.15) is 0 Å². The van der Waals surface area contributed by atoms with Crippen LogP contribution < -0.4 is 10.2 Å². The average molecular weight is 657 g/mol. The van der Waals surface area contributed by atoms with E-state index in [9.17, 15) is 19.8 Å². The van der Waals surface area contributed by atoms with E-state index in [1.165, 1.54) is 77.0 Å². The van der Waals surface area contributed by atoms with Crippen LogP contribution in [0.15, 0.2) is 48.6 Å². The summed E-state index contributed by atoms with van der Waals surface area (Å²) in [6.07, 6.45) is 37.2. The van der Waals surface area contributed by atoms with Crippen LogP contribution in [-0.2, 0) is 9.59 Å². The molecule has 45 heavy (non-hydrogen) atoms. The van der Waals surface area contributed by atoms with Crippen LogP contribution in [0, 0.1) is 0 Å². The van der Waals surface area contributed by atoms with Crippen LogP contribution in [0.2, 0.25) is 0 Å². The number of carboxylic acids is 2. The summed E-state index contributed by atoms with van der Waals surface area (Å²) in [6, 6.07) is 0. The molecule has 0 aliphatic carbocycles. The monoisotopic (exact) mass is 656 g/mol. The topological polar surface area (TPSA) is 86.7 Å². The quantitative estimate of drug-likeness (QED) is 0.0469. The molecule has 0 amide bonds. The minimum absolute atomic E-state index is 0. The second kappa shape index (κ2) is 41.1. The van der Waals surface area contributed by atoms with Crippen molar-refractivity contribution in [1.82, 2.24) is 9.80 Å². The molecule has 0 spiro atoms. The molecule has 0 aliphatic heterocycles. The van der Waals surface area contributed by atoms with Gasteiger partial charge >= 0.3 is 37.7 Å². The van der Waals surface area contributed by atoms with Crippen LogP contribution in [0.4, 0.5) is 0 Å². The minimum atomic E-state index is -0.969. The number of unbranched alkanes of at least 4 members (excludes halogenated alkanes) is 12.